The highest BCUT2D eigenvalue weighted by atomic mass is 19.1. The molecule has 2 aromatic rings. The molecule has 0 unspecified atom stereocenters. The van der Waals surface area contributed by atoms with E-state index < -0.39 is 11.6 Å². The molecular formula is C16H19F2N3O2. The lowest BCUT2D eigenvalue weighted by Crippen LogP contribution is -2.31. The number of carbonyl (C=O) groups is 1. The number of likely N-dealkylation sites (N-methyl/N-ethyl adjacent to an activating group) is 1. The molecule has 0 fully saturated rings. The van der Waals surface area contributed by atoms with Crippen LogP contribution in [0.1, 0.15) is 19.2 Å². The van der Waals surface area contributed by atoms with Crippen LogP contribution in [0.4, 0.5) is 8.78 Å². The van der Waals surface area contributed by atoms with E-state index in [2.05, 4.69) is 15.6 Å². The zero-order valence-electron chi connectivity index (χ0n) is 12.9. The van der Waals surface area contributed by atoms with E-state index in [1.807, 2.05) is 6.92 Å². The third-order valence-electron chi connectivity index (χ3n) is 3.19. The summed E-state index contributed by atoms with van der Waals surface area (Å²) in [6.45, 7) is 4.13. The zero-order valence-corrected chi connectivity index (χ0v) is 12.9. The van der Waals surface area contributed by atoms with E-state index >= 15 is 0 Å². The van der Waals surface area contributed by atoms with Crippen LogP contribution in [-0.4, -0.2) is 30.5 Å². The zero-order chi connectivity index (χ0) is 16.7. The average molecular weight is 323 g/mol. The second-order valence-corrected chi connectivity index (χ2v) is 4.95. The molecule has 124 valence electrons. The second kappa shape index (κ2) is 8.38. The first kappa shape index (κ1) is 17.1. The maximum atomic E-state index is 13.7. The SMILES string of the molecule is CCNCCNC(=O)CCc1ncc(-c2ccc(F)cc2F)o1. The molecule has 0 bridgehead atoms. The van der Waals surface area contributed by atoms with E-state index in [9.17, 15) is 13.6 Å². The fraction of sp³-hybridized carbons (Fsp3) is 0.375. The first-order chi connectivity index (χ1) is 11.1. The molecule has 0 aliphatic heterocycles. The van der Waals surface area contributed by atoms with Crippen LogP contribution in [0.5, 0.6) is 0 Å². The van der Waals surface area contributed by atoms with Crippen molar-refractivity contribution in [2.45, 2.75) is 19.8 Å². The Morgan fingerprint density at radius 1 is 1.30 bits per heavy atom. The van der Waals surface area contributed by atoms with Crippen molar-refractivity contribution in [2.24, 2.45) is 0 Å². The van der Waals surface area contributed by atoms with Crippen molar-refractivity contribution >= 4 is 5.91 Å². The van der Waals surface area contributed by atoms with E-state index in [0.29, 0.717) is 18.9 Å². The van der Waals surface area contributed by atoms with Crippen LogP contribution < -0.4 is 10.6 Å². The summed E-state index contributed by atoms with van der Waals surface area (Å²) in [4.78, 5) is 15.7. The minimum absolute atomic E-state index is 0.101. The summed E-state index contributed by atoms with van der Waals surface area (Å²) < 4.78 is 32.0. The van der Waals surface area contributed by atoms with Gasteiger partial charge in [-0.15, -0.1) is 0 Å². The van der Waals surface area contributed by atoms with Gasteiger partial charge < -0.3 is 15.1 Å². The largest absolute Gasteiger partial charge is 0.441 e. The third kappa shape index (κ3) is 5.14. The van der Waals surface area contributed by atoms with Crippen molar-refractivity contribution in [1.29, 1.82) is 0 Å². The van der Waals surface area contributed by atoms with Crippen LogP contribution in [-0.2, 0) is 11.2 Å². The van der Waals surface area contributed by atoms with Crippen molar-refractivity contribution in [2.75, 3.05) is 19.6 Å². The lowest BCUT2D eigenvalue weighted by Gasteiger charge is -2.04. The Labute approximate surface area is 133 Å². The molecule has 7 heteroatoms. The van der Waals surface area contributed by atoms with Gasteiger partial charge in [-0.2, -0.15) is 0 Å². The molecule has 0 saturated heterocycles. The van der Waals surface area contributed by atoms with Gasteiger partial charge in [0.05, 0.1) is 11.8 Å². The van der Waals surface area contributed by atoms with Gasteiger partial charge in [-0.05, 0) is 18.7 Å². The van der Waals surface area contributed by atoms with Crippen LogP contribution in [0.3, 0.4) is 0 Å². The number of amides is 1. The number of benzene rings is 1. The van der Waals surface area contributed by atoms with Crippen molar-refractivity contribution in [1.82, 2.24) is 15.6 Å². The van der Waals surface area contributed by atoms with Crippen LogP contribution >= 0.6 is 0 Å². The molecule has 23 heavy (non-hydrogen) atoms. The van der Waals surface area contributed by atoms with E-state index in [-0.39, 0.29) is 23.7 Å². The number of hydrogen-bond acceptors (Lipinski definition) is 4. The monoisotopic (exact) mass is 323 g/mol. The Morgan fingerprint density at radius 3 is 2.87 bits per heavy atom. The second-order valence-electron chi connectivity index (χ2n) is 4.95. The minimum atomic E-state index is -0.714. The number of carbonyl (C=O) groups excluding carboxylic acids is 1. The molecule has 1 aromatic carbocycles. The van der Waals surface area contributed by atoms with Crippen LogP contribution in [0, 0.1) is 11.6 Å². The average Bonchev–Trinajstić information content (AvgIpc) is 2.98. The molecule has 0 radical (unpaired) electrons. The van der Waals surface area contributed by atoms with Gasteiger partial charge in [0.25, 0.3) is 0 Å². The smallest absolute Gasteiger partial charge is 0.220 e. The molecule has 1 aromatic heterocycles. The minimum Gasteiger partial charge on any atom is -0.441 e. The summed E-state index contributed by atoms with van der Waals surface area (Å²) in [6.07, 6.45) is 1.92. The number of hydrogen-bond donors (Lipinski definition) is 2. The summed E-state index contributed by atoms with van der Waals surface area (Å²) >= 11 is 0. The van der Waals surface area contributed by atoms with Crippen molar-refractivity contribution in [3.05, 3.63) is 41.9 Å². The number of aryl methyl sites for hydroxylation is 1. The molecule has 0 aliphatic carbocycles. The predicted octanol–water partition coefficient (Wildman–Crippen LogP) is 2.28. The van der Waals surface area contributed by atoms with Gasteiger partial charge in [-0.1, -0.05) is 6.92 Å². The maximum Gasteiger partial charge on any atom is 0.220 e. The van der Waals surface area contributed by atoms with E-state index in [1.165, 1.54) is 12.3 Å². The molecule has 1 amide bonds. The van der Waals surface area contributed by atoms with E-state index in [1.54, 1.807) is 0 Å². The van der Waals surface area contributed by atoms with Gasteiger partial charge in [0.1, 0.15) is 11.6 Å². The van der Waals surface area contributed by atoms with Gasteiger partial charge >= 0.3 is 0 Å². The number of aromatic nitrogens is 1. The molecule has 2 rings (SSSR count). The summed E-state index contributed by atoms with van der Waals surface area (Å²) in [6, 6.07) is 3.23. The normalized spacial score (nSPS) is 10.7. The summed E-state index contributed by atoms with van der Waals surface area (Å²) in [5, 5.41) is 5.87. The highest BCUT2D eigenvalue weighted by molar-refractivity contribution is 5.76. The molecule has 0 aliphatic rings. The van der Waals surface area contributed by atoms with Gasteiger partial charge in [0.15, 0.2) is 11.7 Å². The summed E-state index contributed by atoms with van der Waals surface area (Å²) in [5.41, 5.74) is 0.139. The van der Waals surface area contributed by atoms with Gasteiger partial charge in [0.2, 0.25) is 5.91 Å². The number of nitrogens with one attached hydrogen (secondary N) is 2. The van der Waals surface area contributed by atoms with Crippen LogP contribution in [0.15, 0.2) is 28.8 Å². The number of nitrogens with zero attached hydrogens (tertiary/aromatic N) is 1. The van der Waals surface area contributed by atoms with Gasteiger partial charge in [-0.3, -0.25) is 4.79 Å². The topological polar surface area (TPSA) is 67.2 Å². The molecule has 0 saturated carbocycles. The van der Waals surface area contributed by atoms with Crippen molar-refractivity contribution in [3.63, 3.8) is 0 Å². The van der Waals surface area contributed by atoms with Gasteiger partial charge in [-0.25, -0.2) is 13.8 Å². The first-order valence-corrected chi connectivity index (χ1v) is 7.47. The molecule has 2 N–H and O–H groups in total. The predicted molar refractivity (Wildman–Crippen MR) is 81.7 cm³/mol. The van der Waals surface area contributed by atoms with Crippen LogP contribution in [0.2, 0.25) is 0 Å². The third-order valence-corrected chi connectivity index (χ3v) is 3.19. The number of rotatable bonds is 8. The van der Waals surface area contributed by atoms with Crippen molar-refractivity contribution < 1.29 is 18.0 Å². The Hall–Kier alpha value is -2.28. The van der Waals surface area contributed by atoms with Gasteiger partial charge in [0, 0.05) is 32.0 Å². The lowest BCUT2D eigenvalue weighted by molar-refractivity contribution is -0.121. The Morgan fingerprint density at radius 2 is 2.13 bits per heavy atom. The number of halogens is 2. The highest BCUT2D eigenvalue weighted by Gasteiger charge is 2.12. The Kier molecular flexibility index (Phi) is 6.22. The fourth-order valence-electron chi connectivity index (χ4n) is 2.02. The molecule has 1 heterocycles. The van der Waals surface area contributed by atoms with Crippen LogP contribution in [0.25, 0.3) is 11.3 Å². The standard InChI is InChI=1S/C16H19F2N3O2/c1-2-19-7-8-20-15(22)5-6-16-21-10-14(23-16)12-4-3-11(17)9-13(12)18/h3-4,9-10,19H,2,5-8H2,1H3,(H,20,22). The van der Waals surface area contributed by atoms with E-state index in [0.717, 1.165) is 25.2 Å². The Bertz CT molecular complexity index is 659. The summed E-state index contributed by atoms with van der Waals surface area (Å²) in [5.74, 6) is -0.916. The number of oxazole rings is 1. The molecule has 0 spiro atoms. The fourth-order valence-corrected chi connectivity index (χ4v) is 2.02. The van der Waals surface area contributed by atoms with E-state index in [4.69, 9.17) is 4.42 Å². The molecule has 5 nitrogen and oxygen atoms in total. The maximum absolute atomic E-state index is 13.7. The lowest BCUT2D eigenvalue weighted by atomic mass is 10.2. The molecular weight excluding hydrogens is 304 g/mol. The highest BCUT2D eigenvalue weighted by Crippen LogP contribution is 2.24. The summed E-state index contributed by atoms with van der Waals surface area (Å²) in [7, 11) is 0. The molecule has 0 atom stereocenters. The quantitative estimate of drug-likeness (QED) is 0.732. The van der Waals surface area contributed by atoms with Crippen molar-refractivity contribution in [3.8, 4) is 11.3 Å². The first-order valence-electron chi connectivity index (χ1n) is 7.47. The Balaban J connectivity index is 1.86.